The summed E-state index contributed by atoms with van der Waals surface area (Å²) in [7, 11) is 0. The zero-order chi connectivity index (χ0) is 13.3. The molecule has 1 aromatic carbocycles. The summed E-state index contributed by atoms with van der Waals surface area (Å²) < 4.78 is 0. The maximum atomic E-state index is 12.0. The van der Waals surface area contributed by atoms with Crippen LogP contribution in [0.15, 0.2) is 18.2 Å². The Balaban J connectivity index is 2.21. The van der Waals surface area contributed by atoms with Gasteiger partial charge in [0.25, 0.3) is 0 Å². The number of anilines is 2. The molecule has 0 bridgehead atoms. The summed E-state index contributed by atoms with van der Waals surface area (Å²) in [6.07, 6.45) is 0.415. The lowest BCUT2D eigenvalue weighted by Gasteiger charge is -2.19. The van der Waals surface area contributed by atoms with Gasteiger partial charge in [-0.1, -0.05) is 17.8 Å². The second-order valence-corrected chi connectivity index (χ2v) is 5.96. The number of hydrogen-bond acceptors (Lipinski definition) is 4. The molecule has 0 saturated carbocycles. The van der Waals surface area contributed by atoms with E-state index in [4.69, 9.17) is 5.73 Å². The Hall–Kier alpha value is -1.49. The number of carbonyl (C=O) groups excluding carboxylic acids is 2. The zero-order valence-corrected chi connectivity index (χ0v) is 11.3. The van der Waals surface area contributed by atoms with Gasteiger partial charge in [-0.2, -0.15) is 0 Å². The second-order valence-electron chi connectivity index (χ2n) is 4.49. The minimum Gasteiger partial charge on any atom is -0.399 e. The van der Waals surface area contributed by atoms with Crippen LogP contribution in [0.3, 0.4) is 0 Å². The number of thioether (sulfide) groups is 1. The molecule has 4 nitrogen and oxygen atoms in total. The summed E-state index contributed by atoms with van der Waals surface area (Å²) in [5.74, 6) is 0.0578. The molecule has 5 heteroatoms. The van der Waals surface area contributed by atoms with E-state index >= 15 is 0 Å². The first-order chi connectivity index (χ1) is 8.47. The molecule has 1 atom stereocenters. The number of benzene rings is 1. The first kappa shape index (κ1) is 13.0. The van der Waals surface area contributed by atoms with Crippen LogP contribution in [0.25, 0.3) is 0 Å². The quantitative estimate of drug-likeness (QED) is 0.829. The largest absolute Gasteiger partial charge is 0.399 e. The summed E-state index contributed by atoms with van der Waals surface area (Å²) >= 11 is 1.24. The number of aryl methyl sites for hydroxylation is 1. The molecule has 18 heavy (non-hydrogen) atoms. The zero-order valence-electron chi connectivity index (χ0n) is 10.5. The van der Waals surface area contributed by atoms with Crippen LogP contribution < -0.4 is 10.6 Å². The number of nitrogens with zero attached hydrogens (tertiary/aromatic N) is 1. The van der Waals surface area contributed by atoms with Crippen LogP contribution in [0.2, 0.25) is 0 Å². The average Bonchev–Trinajstić information content (AvgIpc) is 2.62. The van der Waals surface area contributed by atoms with Crippen molar-refractivity contribution in [2.75, 3.05) is 17.2 Å². The monoisotopic (exact) mass is 264 g/mol. The highest BCUT2D eigenvalue weighted by Gasteiger charge is 2.32. The molecule has 1 heterocycles. The van der Waals surface area contributed by atoms with Gasteiger partial charge in [0.05, 0.1) is 0 Å². The maximum absolute atomic E-state index is 12.0. The fourth-order valence-corrected chi connectivity index (χ4v) is 3.06. The van der Waals surface area contributed by atoms with E-state index in [0.717, 1.165) is 11.3 Å². The highest BCUT2D eigenvalue weighted by molar-refractivity contribution is 8.14. The lowest BCUT2D eigenvalue weighted by atomic mass is 10.1. The molecule has 96 valence electrons. The third-order valence-corrected chi connectivity index (χ3v) is 3.93. The van der Waals surface area contributed by atoms with E-state index in [1.807, 2.05) is 25.1 Å². The SMILES string of the molecule is CC(=O)SC1CC(=O)N(c2cc(N)ccc2C)C1. The molecule has 0 aromatic heterocycles. The highest BCUT2D eigenvalue weighted by atomic mass is 32.2. The Morgan fingerprint density at radius 1 is 1.50 bits per heavy atom. The molecule has 2 rings (SSSR count). The van der Waals surface area contributed by atoms with Gasteiger partial charge in [0, 0.05) is 36.5 Å². The van der Waals surface area contributed by atoms with Gasteiger partial charge in [0.2, 0.25) is 5.91 Å². The van der Waals surface area contributed by atoms with E-state index in [-0.39, 0.29) is 16.3 Å². The topological polar surface area (TPSA) is 63.4 Å². The van der Waals surface area contributed by atoms with E-state index in [2.05, 4.69) is 0 Å². The van der Waals surface area contributed by atoms with Crippen molar-refractivity contribution < 1.29 is 9.59 Å². The Labute approximate surface area is 111 Å². The van der Waals surface area contributed by atoms with Gasteiger partial charge in [0.1, 0.15) is 0 Å². The molecule has 1 amide bonds. The molecule has 0 radical (unpaired) electrons. The minimum atomic E-state index is 0.0517. The number of hydrogen-bond donors (Lipinski definition) is 1. The van der Waals surface area contributed by atoms with Crippen molar-refractivity contribution in [2.24, 2.45) is 0 Å². The molecule has 1 aliphatic rings. The van der Waals surface area contributed by atoms with E-state index in [1.165, 1.54) is 18.7 Å². The molecule has 1 fully saturated rings. The van der Waals surface area contributed by atoms with E-state index in [9.17, 15) is 9.59 Å². The van der Waals surface area contributed by atoms with E-state index in [0.29, 0.717) is 18.7 Å². The van der Waals surface area contributed by atoms with E-state index in [1.54, 1.807) is 4.90 Å². The van der Waals surface area contributed by atoms with Crippen molar-refractivity contribution in [2.45, 2.75) is 25.5 Å². The average molecular weight is 264 g/mol. The summed E-state index contributed by atoms with van der Waals surface area (Å²) in [6.45, 7) is 4.06. The first-order valence-electron chi connectivity index (χ1n) is 5.81. The van der Waals surface area contributed by atoms with Crippen molar-refractivity contribution in [3.8, 4) is 0 Å². The fraction of sp³-hybridized carbons (Fsp3) is 0.385. The highest BCUT2D eigenvalue weighted by Crippen LogP contribution is 2.31. The molecule has 1 saturated heterocycles. The Morgan fingerprint density at radius 3 is 2.89 bits per heavy atom. The normalized spacial score (nSPS) is 19.3. The predicted octanol–water partition coefficient (Wildman–Crippen LogP) is 1.96. The summed E-state index contributed by atoms with van der Waals surface area (Å²) in [5.41, 5.74) is 8.28. The smallest absolute Gasteiger partial charge is 0.228 e. The number of rotatable bonds is 2. The molecule has 2 N–H and O–H groups in total. The molecular formula is C13H16N2O2S. The summed E-state index contributed by atoms with van der Waals surface area (Å²) in [4.78, 5) is 24.8. The third-order valence-electron chi connectivity index (χ3n) is 2.95. The van der Waals surface area contributed by atoms with E-state index < -0.39 is 0 Å². The van der Waals surface area contributed by atoms with Crippen molar-refractivity contribution in [3.05, 3.63) is 23.8 Å². The van der Waals surface area contributed by atoms with Crippen LogP contribution in [-0.4, -0.2) is 22.8 Å². The number of nitrogens with two attached hydrogens (primary N) is 1. The number of nitrogen functional groups attached to an aromatic ring is 1. The lowest BCUT2D eigenvalue weighted by Crippen LogP contribution is -2.25. The van der Waals surface area contributed by atoms with Gasteiger partial charge < -0.3 is 10.6 Å². The fourth-order valence-electron chi connectivity index (χ4n) is 2.14. The summed E-state index contributed by atoms with van der Waals surface area (Å²) in [6, 6.07) is 5.54. The molecule has 0 aliphatic carbocycles. The minimum absolute atomic E-state index is 0.0517. The van der Waals surface area contributed by atoms with Crippen LogP contribution >= 0.6 is 11.8 Å². The molecule has 1 aliphatic heterocycles. The van der Waals surface area contributed by atoms with Gasteiger partial charge in [-0.3, -0.25) is 9.59 Å². The standard InChI is InChI=1S/C13H16N2O2S/c1-8-3-4-10(14)5-12(8)15-7-11(6-13(15)17)18-9(2)16/h3-5,11H,6-7,14H2,1-2H3. The molecular weight excluding hydrogens is 248 g/mol. The Bertz CT molecular complexity index is 502. The van der Waals surface area contributed by atoms with Crippen LogP contribution in [-0.2, 0) is 9.59 Å². The summed E-state index contributed by atoms with van der Waals surface area (Å²) in [5, 5.41) is 0.106. The van der Waals surface area contributed by atoms with Crippen molar-refractivity contribution in [3.63, 3.8) is 0 Å². The van der Waals surface area contributed by atoms with Gasteiger partial charge in [-0.15, -0.1) is 0 Å². The second kappa shape index (κ2) is 5.02. The number of amides is 1. The van der Waals surface area contributed by atoms with Crippen LogP contribution in [0.1, 0.15) is 18.9 Å². The molecule has 1 aromatic rings. The van der Waals surface area contributed by atoms with Crippen LogP contribution in [0, 0.1) is 6.92 Å². The molecule has 0 spiro atoms. The first-order valence-corrected chi connectivity index (χ1v) is 6.69. The Morgan fingerprint density at radius 2 is 2.22 bits per heavy atom. The van der Waals surface area contributed by atoms with Crippen molar-refractivity contribution in [1.82, 2.24) is 0 Å². The Kier molecular flexibility index (Phi) is 3.61. The van der Waals surface area contributed by atoms with Crippen LogP contribution in [0.5, 0.6) is 0 Å². The predicted molar refractivity (Wildman–Crippen MR) is 74.6 cm³/mol. The maximum Gasteiger partial charge on any atom is 0.228 e. The van der Waals surface area contributed by atoms with Gasteiger partial charge >= 0.3 is 0 Å². The molecule has 1 unspecified atom stereocenters. The van der Waals surface area contributed by atoms with Gasteiger partial charge in [-0.25, -0.2) is 0 Å². The van der Waals surface area contributed by atoms with Crippen molar-refractivity contribution >= 4 is 34.2 Å². The van der Waals surface area contributed by atoms with Gasteiger partial charge in [-0.05, 0) is 24.6 Å². The third kappa shape index (κ3) is 2.67. The number of carbonyl (C=O) groups is 2. The van der Waals surface area contributed by atoms with Gasteiger partial charge in [0.15, 0.2) is 5.12 Å². The van der Waals surface area contributed by atoms with Crippen LogP contribution in [0.4, 0.5) is 11.4 Å². The van der Waals surface area contributed by atoms with Crippen molar-refractivity contribution in [1.29, 1.82) is 0 Å². The lowest BCUT2D eigenvalue weighted by molar-refractivity contribution is -0.117.